The first-order valence-corrected chi connectivity index (χ1v) is 8.41. The van der Waals surface area contributed by atoms with Crippen LogP contribution in [-0.2, 0) is 9.84 Å². The highest BCUT2D eigenvalue weighted by atomic mass is 32.2. The van der Waals surface area contributed by atoms with Crippen LogP contribution in [0.2, 0.25) is 0 Å². The predicted molar refractivity (Wildman–Crippen MR) is 76.6 cm³/mol. The first kappa shape index (κ1) is 16.1. The number of sulfone groups is 1. The first-order chi connectivity index (χ1) is 9.00. The summed E-state index contributed by atoms with van der Waals surface area (Å²) in [5.41, 5.74) is 0.658. The molecule has 1 rings (SSSR count). The average Bonchev–Trinajstić information content (AvgIpc) is 2.38. The second-order valence-electron chi connectivity index (χ2n) is 4.65. The van der Waals surface area contributed by atoms with Gasteiger partial charge >= 0.3 is 0 Å². The van der Waals surface area contributed by atoms with Gasteiger partial charge in [0.1, 0.15) is 15.7 Å². The molecule has 0 amide bonds. The molecule has 1 aromatic carbocycles. The minimum atomic E-state index is -2.94. The second-order valence-corrected chi connectivity index (χ2v) is 7.13. The lowest BCUT2D eigenvalue weighted by Gasteiger charge is -2.17. The normalized spacial score (nSPS) is 13.4. The zero-order valence-corrected chi connectivity index (χ0v) is 12.3. The lowest BCUT2D eigenvalue weighted by atomic mass is 9.94. The molecule has 3 nitrogen and oxygen atoms in total. The van der Waals surface area contributed by atoms with Gasteiger partial charge in [0.25, 0.3) is 0 Å². The fourth-order valence-corrected chi connectivity index (χ4v) is 3.01. The van der Waals surface area contributed by atoms with Gasteiger partial charge in [-0.2, -0.15) is 0 Å². The highest BCUT2D eigenvalue weighted by Crippen LogP contribution is 2.23. The smallest absolute Gasteiger partial charge is 0.150 e. The third kappa shape index (κ3) is 5.28. The number of rotatable bonds is 8. The molecule has 108 valence electrons. The topological polar surface area (TPSA) is 46.2 Å². The van der Waals surface area contributed by atoms with Crippen LogP contribution >= 0.6 is 0 Å². The Morgan fingerprint density at radius 3 is 2.58 bits per heavy atom. The molecule has 5 heteroatoms. The van der Waals surface area contributed by atoms with Crippen molar-refractivity contribution in [2.75, 3.05) is 25.1 Å². The number of nitrogens with one attached hydrogen (secondary N) is 1. The minimum absolute atomic E-state index is 0.0123. The van der Waals surface area contributed by atoms with Crippen LogP contribution in [0.1, 0.15) is 31.2 Å². The molecule has 19 heavy (non-hydrogen) atoms. The number of benzene rings is 1. The fraction of sp³-hybridized carbons (Fsp3) is 0.571. The fourth-order valence-electron chi connectivity index (χ4n) is 2.11. The van der Waals surface area contributed by atoms with Gasteiger partial charge in [-0.1, -0.05) is 25.1 Å². The lowest BCUT2D eigenvalue weighted by molar-refractivity contribution is 0.528. The van der Waals surface area contributed by atoms with E-state index in [2.05, 4.69) is 5.32 Å². The monoisotopic (exact) mass is 287 g/mol. The maximum absolute atomic E-state index is 13.7. The first-order valence-electron chi connectivity index (χ1n) is 6.59. The highest BCUT2D eigenvalue weighted by Gasteiger charge is 2.16. The number of halogens is 1. The van der Waals surface area contributed by atoms with Crippen molar-refractivity contribution in [1.29, 1.82) is 0 Å². The van der Waals surface area contributed by atoms with Crippen LogP contribution in [0.25, 0.3) is 0 Å². The van der Waals surface area contributed by atoms with Crippen LogP contribution in [0, 0.1) is 5.82 Å². The summed E-state index contributed by atoms with van der Waals surface area (Å²) in [6.07, 6.45) is 1.23. The maximum atomic E-state index is 13.7. The third-order valence-electron chi connectivity index (χ3n) is 3.24. The highest BCUT2D eigenvalue weighted by molar-refractivity contribution is 7.91. The van der Waals surface area contributed by atoms with Gasteiger partial charge in [0.15, 0.2) is 0 Å². The Kier molecular flexibility index (Phi) is 6.45. The summed E-state index contributed by atoms with van der Waals surface area (Å²) in [6.45, 7) is 2.30. The van der Waals surface area contributed by atoms with Gasteiger partial charge in [-0.05, 0) is 37.4 Å². The molecule has 0 radical (unpaired) electrons. The van der Waals surface area contributed by atoms with E-state index in [0.29, 0.717) is 24.9 Å². The van der Waals surface area contributed by atoms with E-state index in [1.165, 1.54) is 6.07 Å². The summed E-state index contributed by atoms with van der Waals surface area (Å²) in [4.78, 5) is 0. The number of hydrogen-bond acceptors (Lipinski definition) is 3. The van der Waals surface area contributed by atoms with Gasteiger partial charge in [0.05, 0.1) is 5.75 Å². The van der Waals surface area contributed by atoms with E-state index < -0.39 is 9.84 Å². The van der Waals surface area contributed by atoms with Crippen molar-refractivity contribution in [3.05, 3.63) is 35.6 Å². The molecule has 1 N–H and O–H groups in total. The molecule has 0 aliphatic rings. The molecule has 1 atom stereocenters. The predicted octanol–water partition coefficient (Wildman–Crippen LogP) is 2.34. The van der Waals surface area contributed by atoms with Crippen LogP contribution in [0.5, 0.6) is 0 Å². The van der Waals surface area contributed by atoms with Gasteiger partial charge in [-0.3, -0.25) is 0 Å². The van der Waals surface area contributed by atoms with Crippen LogP contribution in [0.4, 0.5) is 4.39 Å². The van der Waals surface area contributed by atoms with Gasteiger partial charge < -0.3 is 5.32 Å². The van der Waals surface area contributed by atoms with Crippen LogP contribution < -0.4 is 5.32 Å². The molecule has 0 saturated carbocycles. The van der Waals surface area contributed by atoms with E-state index in [-0.39, 0.29) is 23.2 Å². The summed E-state index contributed by atoms with van der Waals surface area (Å²) in [7, 11) is -1.12. The van der Waals surface area contributed by atoms with Gasteiger partial charge in [0, 0.05) is 12.3 Å². The summed E-state index contributed by atoms with van der Waals surface area (Å²) in [5, 5.41) is 3.04. The van der Waals surface area contributed by atoms with Crippen molar-refractivity contribution in [3.8, 4) is 0 Å². The lowest BCUT2D eigenvalue weighted by Crippen LogP contribution is -2.19. The summed E-state index contributed by atoms with van der Waals surface area (Å²) in [5.74, 6) is 0.140. The standard InChI is InChI=1S/C14H22FNO2S/c1-3-19(17,18)10-6-7-12(11-16-2)13-8-4-5-9-14(13)15/h4-5,8-9,12,16H,3,6-7,10-11H2,1-2H3. The summed E-state index contributed by atoms with van der Waals surface area (Å²) >= 11 is 0. The van der Waals surface area contributed by atoms with E-state index in [0.717, 1.165) is 0 Å². The van der Waals surface area contributed by atoms with E-state index >= 15 is 0 Å². The zero-order chi connectivity index (χ0) is 14.3. The van der Waals surface area contributed by atoms with Crippen LogP contribution in [0.15, 0.2) is 24.3 Å². The molecule has 0 aromatic heterocycles. The van der Waals surface area contributed by atoms with Crippen molar-refractivity contribution < 1.29 is 12.8 Å². The third-order valence-corrected chi connectivity index (χ3v) is 5.03. The molecule has 1 unspecified atom stereocenters. The van der Waals surface area contributed by atoms with Gasteiger partial charge in [-0.25, -0.2) is 12.8 Å². The van der Waals surface area contributed by atoms with Crippen molar-refractivity contribution in [3.63, 3.8) is 0 Å². The van der Waals surface area contributed by atoms with Gasteiger partial charge in [-0.15, -0.1) is 0 Å². The largest absolute Gasteiger partial charge is 0.319 e. The number of likely N-dealkylation sites (N-methyl/N-ethyl adjacent to an activating group) is 1. The Balaban J connectivity index is 2.67. The zero-order valence-electron chi connectivity index (χ0n) is 11.5. The number of hydrogen-bond donors (Lipinski definition) is 1. The Morgan fingerprint density at radius 1 is 1.32 bits per heavy atom. The van der Waals surface area contributed by atoms with E-state index in [9.17, 15) is 12.8 Å². The minimum Gasteiger partial charge on any atom is -0.319 e. The van der Waals surface area contributed by atoms with Crippen molar-refractivity contribution in [1.82, 2.24) is 5.32 Å². The van der Waals surface area contributed by atoms with E-state index in [1.807, 2.05) is 13.1 Å². The Morgan fingerprint density at radius 2 is 2.00 bits per heavy atom. The average molecular weight is 287 g/mol. The van der Waals surface area contributed by atoms with Crippen molar-refractivity contribution >= 4 is 9.84 Å². The molecule has 0 heterocycles. The summed E-state index contributed by atoms with van der Waals surface area (Å²) < 4.78 is 36.6. The van der Waals surface area contributed by atoms with Crippen molar-refractivity contribution in [2.24, 2.45) is 0 Å². The Bertz CT molecular complexity index is 488. The Labute approximate surface area is 115 Å². The molecular formula is C14H22FNO2S. The second kappa shape index (κ2) is 7.60. The maximum Gasteiger partial charge on any atom is 0.150 e. The molecular weight excluding hydrogens is 265 g/mol. The molecule has 0 saturated heterocycles. The SMILES string of the molecule is CCS(=O)(=O)CCCC(CNC)c1ccccc1F. The van der Waals surface area contributed by atoms with Crippen molar-refractivity contribution in [2.45, 2.75) is 25.7 Å². The quantitative estimate of drug-likeness (QED) is 0.798. The van der Waals surface area contributed by atoms with Gasteiger partial charge in [0.2, 0.25) is 0 Å². The Hall–Kier alpha value is -0.940. The van der Waals surface area contributed by atoms with Crippen LogP contribution in [0.3, 0.4) is 0 Å². The molecule has 1 aromatic rings. The molecule has 0 fully saturated rings. The summed E-state index contributed by atoms with van der Waals surface area (Å²) in [6, 6.07) is 6.69. The molecule has 0 aliphatic heterocycles. The van der Waals surface area contributed by atoms with Crippen LogP contribution in [-0.4, -0.2) is 33.5 Å². The molecule has 0 bridgehead atoms. The van der Waals surface area contributed by atoms with E-state index in [4.69, 9.17) is 0 Å². The molecule has 0 spiro atoms. The molecule has 0 aliphatic carbocycles. The van der Waals surface area contributed by atoms with E-state index in [1.54, 1.807) is 19.1 Å².